The molecule has 3 aliphatic carbocycles. The van der Waals surface area contributed by atoms with E-state index in [9.17, 15) is 0 Å². The van der Waals surface area contributed by atoms with Gasteiger partial charge < -0.3 is 9.32 Å². The highest BCUT2D eigenvalue weighted by atomic mass is 16.3. The molecule has 1 heterocycles. The van der Waals surface area contributed by atoms with Crippen molar-refractivity contribution in [3.63, 3.8) is 0 Å². The first-order valence-electron chi connectivity index (χ1n) is 19.5. The summed E-state index contributed by atoms with van der Waals surface area (Å²) < 4.78 is 6.50. The second-order valence-corrected chi connectivity index (χ2v) is 15.9. The zero-order valence-corrected chi connectivity index (χ0v) is 31.1. The van der Waals surface area contributed by atoms with Crippen molar-refractivity contribution in [1.29, 1.82) is 0 Å². The Balaban J connectivity index is 1.11. The molecule has 0 N–H and O–H groups in total. The van der Waals surface area contributed by atoms with Gasteiger partial charge in [0.15, 0.2) is 5.58 Å². The molecule has 1 aromatic heterocycles. The van der Waals surface area contributed by atoms with Crippen molar-refractivity contribution >= 4 is 28.2 Å². The van der Waals surface area contributed by atoms with Gasteiger partial charge in [0, 0.05) is 34.1 Å². The molecule has 0 amide bonds. The summed E-state index contributed by atoms with van der Waals surface area (Å²) in [4.78, 5) is 7.30. The Morgan fingerprint density at radius 2 is 0.857 bits per heavy atom. The third kappa shape index (κ3) is 4.09. The predicted molar refractivity (Wildman–Crippen MR) is 228 cm³/mol. The first-order valence-corrected chi connectivity index (χ1v) is 19.5. The average Bonchev–Trinajstić information content (AvgIpc) is 3.96. The van der Waals surface area contributed by atoms with Crippen LogP contribution >= 0.6 is 0 Å². The highest BCUT2D eigenvalue weighted by Gasteiger charge is 2.51. The van der Waals surface area contributed by atoms with E-state index >= 15 is 0 Å². The molecule has 264 valence electrons. The van der Waals surface area contributed by atoms with Crippen LogP contribution in [0.25, 0.3) is 55.9 Å². The molecule has 1 spiro atoms. The number of oxazole rings is 1. The highest BCUT2D eigenvalue weighted by molar-refractivity contribution is 5.97. The lowest BCUT2D eigenvalue weighted by molar-refractivity contribution is 0.620. The minimum Gasteiger partial charge on any atom is -0.436 e. The van der Waals surface area contributed by atoms with Gasteiger partial charge in [-0.3, -0.25) is 0 Å². The van der Waals surface area contributed by atoms with Crippen LogP contribution in [0.2, 0.25) is 0 Å². The van der Waals surface area contributed by atoms with Gasteiger partial charge >= 0.3 is 0 Å². The normalized spacial score (nSPS) is 14.5. The topological polar surface area (TPSA) is 29.3 Å². The van der Waals surface area contributed by atoms with Gasteiger partial charge in [0.25, 0.3) is 0 Å². The number of rotatable bonds is 4. The summed E-state index contributed by atoms with van der Waals surface area (Å²) in [7, 11) is 0. The lowest BCUT2D eigenvalue weighted by atomic mass is 9.70. The highest BCUT2D eigenvalue weighted by Crippen LogP contribution is 2.63. The number of nitrogens with zero attached hydrogens (tertiary/aromatic N) is 2. The van der Waals surface area contributed by atoms with E-state index in [1.807, 2.05) is 30.3 Å². The van der Waals surface area contributed by atoms with Crippen LogP contribution in [0.1, 0.15) is 47.2 Å². The van der Waals surface area contributed by atoms with Gasteiger partial charge in [0.2, 0.25) is 5.89 Å². The van der Waals surface area contributed by atoms with Gasteiger partial charge in [-0.25, -0.2) is 4.98 Å². The summed E-state index contributed by atoms with van der Waals surface area (Å²) in [6, 6.07) is 66.6. The summed E-state index contributed by atoms with van der Waals surface area (Å²) in [5.41, 5.74) is 21.0. The van der Waals surface area contributed by atoms with E-state index in [0.29, 0.717) is 5.89 Å². The number of hydrogen-bond donors (Lipinski definition) is 0. The zero-order chi connectivity index (χ0) is 37.2. The molecular formula is C53H36N2O. The molecule has 3 aliphatic rings. The minimum atomic E-state index is -0.443. The first-order chi connectivity index (χ1) is 27.5. The van der Waals surface area contributed by atoms with Crippen LogP contribution in [0.4, 0.5) is 17.1 Å². The number of anilines is 3. The second-order valence-electron chi connectivity index (χ2n) is 15.9. The second kappa shape index (κ2) is 11.3. The van der Waals surface area contributed by atoms with Crippen molar-refractivity contribution in [1.82, 2.24) is 4.98 Å². The van der Waals surface area contributed by atoms with Crippen molar-refractivity contribution < 1.29 is 4.42 Å². The number of aromatic nitrogens is 1. The van der Waals surface area contributed by atoms with E-state index in [0.717, 1.165) is 33.7 Å². The number of fused-ring (bicyclic) bond motifs is 14. The zero-order valence-electron chi connectivity index (χ0n) is 31.1. The van der Waals surface area contributed by atoms with Crippen LogP contribution in [-0.4, -0.2) is 4.98 Å². The Hall–Kier alpha value is -6.97. The third-order valence-corrected chi connectivity index (χ3v) is 12.7. The summed E-state index contributed by atoms with van der Waals surface area (Å²) >= 11 is 0. The fourth-order valence-corrected chi connectivity index (χ4v) is 10.3. The molecular weight excluding hydrogens is 681 g/mol. The molecule has 8 aromatic carbocycles. The smallest absolute Gasteiger partial charge is 0.227 e. The van der Waals surface area contributed by atoms with Gasteiger partial charge in [-0.1, -0.05) is 141 Å². The quantitative estimate of drug-likeness (QED) is 0.182. The van der Waals surface area contributed by atoms with Crippen LogP contribution < -0.4 is 4.90 Å². The third-order valence-electron chi connectivity index (χ3n) is 12.7. The summed E-state index contributed by atoms with van der Waals surface area (Å²) in [5.74, 6) is 0.622. The maximum Gasteiger partial charge on any atom is 0.227 e. The molecule has 3 heteroatoms. The van der Waals surface area contributed by atoms with Crippen molar-refractivity contribution in [3.05, 3.63) is 215 Å². The Morgan fingerprint density at radius 1 is 0.411 bits per heavy atom. The monoisotopic (exact) mass is 716 g/mol. The van der Waals surface area contributed by atoms with E-state index in [2.05, 4.69) is 170 Å². The van der Waals surface area contributed by atoms with Gasteiger partial charge in [-0.15, -0.1) is 0 Å². The summed E-state index contributed by atoms with van der Waals surface area (Å²) in [5, 5.41) is 0. The Morgan fingerprint density at radius 3 is 1.46 bits per heavy atom. The van der Waals surface area contributed by atoms with Crippen molar-refractivity contribution in [3.8, 4) is 44.8 Å². The average molecular weight is 717 g/mol. The first kappa shape index (κ1) is 31.4. The van der Waals surface area contributed by atoms with Gasteiger partial charge in [-0.05, 0) is 115 Å². The van der Waals surface area contributed by atoms with Gasteiger partial charge in [0.05, 0.1) is 5.41 Å². The van der Waals surface area contributed by atoms with E-state index in [-0.39, 0.29) is 5.41 Å². The fraction of sp³-hybridized carbons (Fsp3) is 0.0755. The lowest BCUT2D eigenvalue weighted by Gasteiger charge is -2.32. The Bertz CT molecular complexity index is 3020. The number of benzene rings is 8. The lowest BCUT2D eigenvalue weighted by Crippen LogP contribution is -2.26. The SMILES string of the molecule is CC1(C)c2ccccc2-c2ccc(N(c3ccc4c(c3)C3(c5ccccc5-c5ccccc53)c3ccccc3-4)c3ccc4nc(-c5ccccc5)oc4c3)cc21. The van der Waals surface area contributed by atoms with Crippen LogP contribution in [0.3, 0.4) is 0 Å². The molecule has 12 rings (SSSR count). The largest absolute Gasteiger partial charge is 0.436 e. The van der Waals surface area contributed by atoms with Crippen LogP contribution in [0.15, 0.2) is 186 Å². The molecule has 9 aromatic rings. The van der Waals surface area contributed by atoms with Crippen molar-refractivity contribution in [2.75, 3.05) is 4.90 Å². The Labute approximate surface area is 326 Å². The fourth-order valence-electron chi connectivity index (χ4n) is 10.3. The molecule has 0 atom stereocenters. The molecule has 0 bridgehead atoms. The number of hydrogen-bond acceptors (Lipinski definition) is 3. The van der Waals surface area contributed by atoms with Gasteiger partial charge in [-0.2, -0.15) is 0 Å². The van der Waals surface area contributed by atoms with Crippen molar-refractivity contribution in [2.45, 2.75) is 24.7 Å². The summed E-state index contributed by atoms with van der Waals surface area (Å²) in [6.45, 7) is 4.70. The maximum absolute atomic E-state index is 6.50. The predicted octanol–water partition coefficient (Wildman–Crippen LogP) is 13.6. The molecule has 0 saturated carbocycles. The minimum absolute atomic E-state index is 0.145. The summed E-state index contributed by atoms with van der Waals surface area (Å²) in [6.07, 6.45) is 0. The molecule has 0 saturated heterocycles. The molecule has 0 aliphatic heterocycles. The molecule has 0 radical (unpaired) electrons. The maximum atomic E-state index is 6.50. The van der Waals surface area contributed by atoms with Gasteiger partial charge in [0.1, 0.15) is 5.52 Å². The van der Waals surface area contributed by atoms with E-state index in [4.69, 9.17) is 9.40 Å². The molecule has 0 fully saturated rings. The van der Waals surface area contributed by atoms with E-state index < -0.39 is 5.41 Å². The molecule has 56 heavy (non-hydrogen) atoms. The van der Waals surface area contributed by atoms with Crippen molar-refractivity contribution in [2.24, 2.45) is 0 Å². The van der Waals surface area contributed by atoms with E-state index in [1.165, 1.54) is 66.8 Å². The van der Waals surface area contributed by atoms with Crippen LogP contribution in [0, 0.1) is 0 Å². The molecule has 3 nitrogen and oxygen atoms in total. The van der Waals surface area contributed by atoms with Crippen LogP contribution in [-0.2, 0) is 10.8 Å². The standard InChI is InChI=1S/C53H36N2O/c1-52(2)43-20-10-6-16-37(43)41-27-24-34(30-47(41)52)55(36-26-29-49-50(32-36)56-51(54-49)33-14-4-3-5-15-33)35-25-28-42-40-19-9-13-23-46(40)53(48(42)31-35)44-21-11-7-17-38(44)39-18-8-12-22-45(39)53/h3-32H,1-2H3. The van der Waals surface area contributed by atoms with E-state index in [1.54, 1.807) is 0 Å². The van der Waals surface area contributed by atoms with Crippen LogP contribution in [0.5, 0.6) is 0 Å². The Kier molecular flexibility index (Phi) is 6.32. The molecule has 0 unspecified atom stereocenters.